The molecule has 3 aromatic heterocycles. The molecule has 8 heteroatoms. The molecule has 0 fully saturated rings. The van der Waals surface area contributed by atoms with E-state index in [2.05, 4.69) is 15.1 Å². The van der Waals surface area contributed by atoms with Crippen molar-refractivity contribution in [1.82, 2.24) is 19.7 Å². The fourth-order valence-corrected chi connectivity index (χ4v) is 4.02. The minimum Gasteiger partial charge on any atom is -0.334 e. The molecule has 0 radical (unpaired) electrons. The predicted octanol–water partition coefficient (Wildman–Crippen LogP) is 3.82. The van der Waals surface area contributed by atoms with Gasteiger partial charge in [0, 0.05) is 11.9 Å². The second kappa shape index (κ2) is 6.81. The quantitative estimate of drug-likeness (QED) is 0.393. The Balaban J connectivity index is 1.62. The van der Waals surface area contributed by atoms with Crippen LogP contribution in [0.3, 0.4) is 0 Å². The van der Waals surface area contributed by atoms with Gasteiger partial charge in [-0.15, -0.1) is 0 Å². The van der Waals surface area contributed by atoms with Gasteiger partial charge in [0.2, 0.25) is 0 Å². The van der Waals surface area contributed by atoms with E-state index in [1.54, 1.807) is 22.0 Å². The first kappa shape index (κ1) is 16.0. The molecule has 25 heavy (non-hydrogen) atoms. The van der Waals surface area contributed by atoms with Crippen LogP contribution in [0.4, 0.5) is 0 Å². The Morgan fingerprint density at radius 3 is 2.92 bits per heavy atom. The lowest BCUT2D eigenvalue weighted by molar-refractivity contribution is 0.425. The molecule has 0 atom stereocenters. The van der Waals surface area contributed by atoms with E-state index in [4.69, 9.17) is 4.52 Å². The third-order valence-corrected chi connectivity index (χ3v) is 5.37. The van der Waals surface area contributed by atoms with Crippen molar-refractivity contribution < 1.29 is 4.52 Å². The maximum Gasteiger partial charge on any atom is 0.262 e. The molecule has 0 saturated heterocycles. The zero-order valence-corrected chi connectivity index (χ0v) is 15.0. The predicted molar refractivity (Wildman–Crippen MR) is 98.8 cm³/mol. The number of rotatable bonds is 5. The van der Waals surface area contributed by atoms with Crippen LogP contribution in [0.2, 0.25) is 0 Å². The Morgan fingerprint density at radius 1 is 1.24 bits per heavy atom. The standard InChI is InChI=1S/C17H14N4O2S2/c1-2-21-16(22)12-5-3-4-6-13(12)18-17(21)25-10-14-19-15(23-20-14)11-7-8-24-9-11/h3-9H,2,10H2,1H3. The van der Waals surface area contributed by atoms with E-state index in [-0.39, 0.29) is 5.56 Å². The summed E-state index contributed by atoms with van der Waals surface area (Å²) >= 11 is 3.01. The first-order chi connectivity index (χ1) is 12.3. The highest BCUT2D eigenvalue weighted by Crippen LogP contribution is 2.24. The Labute approximate surface area is 151 Å². The first-order valence-corrected chi connectivity index (χ1v) is 9.66. The second-order valence-electron chi connectivity index (χ2n) is 5.28. The molecule has 0 amide bonds. The van der Waals surface area contributed by atoms with Crippen LogP contribution in [0.1, 0.15) is 12.7 Å². The van der Waals surface area contributed by atoms with E-state index >= 15 is 0 Å². The molecule has 6 nitrogen and oxygen atoms in total. The Kier molecular flexibility index (Phi) is 4.37. The van der Waals surface area contributed by atoms with Gasteiger partial charge in [-0.1, -0.05) is 29.1 Å². The number of benzene rings is 1. The summed E-state index contributed by atoms with van der Waals surface area (Å²) in [6.07, 6.45) is 0. The normalized spacial score (nSPS) is 11.2. The van der Waals surface area contributed by atoms with Gasteiger partial charge in [-0.25, -0.2) is 4.98 Å². The lowest BCUT2D eigenvalue weighted by Crippen LogP contribution is -2.22. The number of thioether (sulfide) groups is 1. The summed E-state index contributed by atoms with van der Waals surface area (Å²) in [7, 11) is 0. The molecule has 0 aliphatic carbocycles. The van der Waals surface area contributed by atoms with Crippen LogP contribution >= 0.6 is 23.1 Å². The fraction of sp³-hybridized carbons (Fsp3) is 0.176. The molecule has 0 spiro atoms. The average molecular weight is 370 g/mol. The summed E-state index contributed by atoms with van der Waals surface area (Å²) in [5.74, 6) is 1.57. The van der Waals surface area contributed by atoms with Crippen LogP contribution < -0.4 is 5.56 Å². The maximum atomic E-state index is 12.6. The number of hydrogen-bond donors (Lipinski definition) is 0. The number of thiophene rings is 1. The van der Waals surface area contributed by atoms with Crippen molar-refractivity contribution in [3.05, 3.63) is 57.3 Å². The summed E-state index contributed by atoms with van der Waals surface area (Å²) in [5, 5.41) is 9.23. The third kappa shape index (κ3) is 3.10. The summed E-state index contributed by atoms with van der Waals surface area (Å²) < 4.78 is 6.96. The van der Waals surface area contributed by atoms with Crippen molar-refractivity contribution in [3.63, 3.8) is 0 Å². The van der Waals surface area contributed by atoms with Crippen LogP contribution in [-0.4, -0.2) is 19.7 Å². The lowest BCUT2D eigenvalue weighted by atomic mass is 10.2. The monoisotopic (exact) mass is 370 g/mol. The number of hydrogen-bond acceptors (Lipinski definition) is 7. The summed E-state index contributed by atoms with van der Waals surface area (Å²) in [6, 6.07) is 9.32. The van der Waals surface area contributed by atoms with E-state index in [1.807, 2.05) is 41.9 Å². The third-order valence-electron chi connectivity index (χ3n) is 3.71. The Bertz CT molecular complexity index is 1070. The van der Waals surface area contributed by atoms with Crippen LogP contribution in [0.15, 0.2) is 55.6 Å². The van der Waals surface area contributed by atoms with Crippen LogP contribution in [0, 0.1) is 0 Å². The number of fused-ring (bicyclic) bond motifs is 1. The van der Waals surface area contributed by atoms with Gasteiger partial charge < -0.3 is 4.52 Å². The summed E-state index contributed by atoms with van der Waals surface area (Å²) in [4.78, 5) is 21.6. The molecule has 3 heterocycles. The molecule has 0 unspecified atom stereocenters. The van der Waals surface area contributed by atoms with Crippen LogP contribution in [0.25, 0.3) is 22.4 Å². The van der Waals surface area contributed by atoms with Crippen molar-refractivity contribution in [2.45, 2.75) is 24.4 Å². The van der Waals surface area contributed by atoms with Crippen molar-refractivity contribution in [1.29, 1.82) is 0 Å². The maximum absolute atomic E-state index is 12.6. The van der Waals surface area contributed by atoms with Gasteiger partial charge in [0.1, 0.15) is 0 Å². The van der Waals surface area contributed by atoms with Crippen LogP contribution in [0.5, 0.6) is 0 Å². The molecular formula is C17H14N4O2S2. The minimum absolute atomic E-state index is 0.0253. The van der Waals surface area contributed by atoms with E-state index in [9.17, 15) is 4.79 Å². The van der Waals surface area contributed by atoms with Gasteiger partial charge >= 0.3 is 0 Å². The first-order valence-electron chi connectivity index (χ1n) is 7.74. The van der Waals surface area contributed by atoms with E-state index < -0.39 is 0 Å². The molecule has 0 bridgehead atoms. The van der Waals surface area contributed by atoms with Crippen molar-refractivity contribution >= 4 is 34.0 Å². The minimum atomic E-state index is -0.0253. The number of nitrogens with zero attached hydrogens (tertiary/aromatic N) is 4. The zero-order chi connectivity index (χ0) is 17.2. The molecule has 0 aliphatic heterocycles. The van der Waals surface area contributed by atoms with Crippen molar-refractivity contribution in [2.75, 3.05) is 0 Å². The van der Waals surface area contributed by atoms with E-state index in [0.717, 1.165) is 5.56 Å². The molecular weight excluding hydrogens is 356 g/mol. The van der Waals surface area contributed by atoms with Gasteiger partial charge in [0.15, 0.2) is 11.0 Å². The van der Waals surface area contributed by atoms with Gasteiger partial charge in [0.05, 0.1) is 22.2 Å². The van der Waals surface area contributed by atoms with Crippen molar-refractivity contribution in [2.24, 2.45) is 0 Å². The summed E-state index contributed by atoms with van der Waals surface area (Å²) in [6.45, 7) is 2.50. The molecule has 0 saturated carbocycles. The molecule has 0 aliphatic rings. The van der Waals surface area contributed by atoms with E-state index in [0.29, 0.717) is 40.1 Å². The molecule has 0 N–H and O–H groups in total. The second-order valence-corrected chi connectivity index (χ2v) is 7.00. The Hall–Kier alpha value is -2.45. The van der Waals surface area contributed by atoms with Gasteiger partial charge in [-0.2, -0.15) is 16.3 Å². The largest absolute Gasteiger partial charge is 0.334 e. The number of para-hydroxylation sites is 1. The highest BCUT2D eigenvalue weighted by molar-refractivity contribution is 7.98. The summed E-state index contributed by atoms with van der Waals surface area (Å²) in [5.41, 5.74) is 1.59. The smallest absolute Gasteiger partial charge is 0.262 e. The SMILES string of the molecule is CCn1c(SCc2noc(-c3ccsc3)n2)nc2ccccc2c1=O. The number of aromatic nitrogens is 4. The van der Waals surface area contributed by atoms with Crippen LogP contribution in [-0.2, 0) is 12.3 Å². The topological polar surface area (TPSA) is 73.8 Å². The van der Waals surface area contributed by atoms with Crippen molar-refractivity contribution in [3.8, 4) is 11.5 Å². The lowest BCUT2D eigenvalue weighted by Gasteiger charge is -2.10. The highest BCUT2D eigenvalue weighted by Gasteiger charge is 2.13. The van der Waals surface area contributed by atoms with Gasteiger partial charge in [-0.05, 0) is 30.5 Å². The zero-order valence-electron chi connectivity index (χ0n) is 13.4. The van der Waals surface area contributed by atoms with Gasteiger partial charge in [-0.3, -0.25) is 9.36 Å². The molecule has 4 aromatic rings. The molecule has 4 rings (SSSR count). The average Bonchev–Trinajstić information content (AvgIpc) is 3.31. The highest BCUT2D eigenvalue weighted by atomic mass is 32.2. The molecule has 126 valence electrons. The fourth-order valence-electron chi connectivity index (χ4n) is 2.48. The van der Waals surface area contributed by atoms with Gasteiger partial charge in [0.25, 0.3) is 11.4 Å². The Morgan fingerprint density at radius 2 is 2.12 bits per heavy atom. The van der Waals surface area contributed by atoms with E-state index in [1.165, 1.54) is 11.8 Å². The molecule has 1 aromatic carbocycles.